The van der Waals surface area contributed by atoms with Gasteiger partial charge in [-0.2, -0.15) is 5.10 Å². The lowest BCUT2D eigenvalue weighted by molar-refractivity contribution is 0.220. The number of aryl methyl sites for hydroxylation is 1. The number of nitrogens with zero attached hydrogens (tertiary/aromatic N) is 3. The van der Waals surface area contributed by atoms with Crippen molar-refractivity contribution in [2.24, 2.45) is 0 Å². The first kappa shape index (κ1) is 12.2. The van der Waals surface area contributed by atoms with Gasteiger partial charge in [0.15, 0.2) is 0 Å². The molecule has 1 N–H and O–H groups in total. The average Bonchev–Trinajstić information content (AvgIpc) is 3.05. The number of aromatic nitrogens is 2. The van der Waals surface area contributed by atoms with Crippen LogP contribution in [-0.4, -0.2) is 28.5 Å². The molecule has 2 heterocycles. The van der Waals surface area contributed by atoms with Gasteiger partial charge >= 0.3 is 0 Å². The van der Waals surface area contributed by atoms with E-state index in [1.165, 1.54) is 11.3 Å². The van der Waals surface area contributed by atoms with Gasteiger partial charge in [0.05, 0.1) is 6.20 Å². The third-order valence-electron chi connectivity index (χ3n) is 3.84. The molecular weight excluding hydrogens is 238 g/mol. The highest BCUT2D eigenvalue weighted by atomic mass is 16.3. The van der Waals surface area contributed by atoms with E-state index in [2.05, 4.69) is 29.2 Å². The second-order valence-electron chi connectivity index (χ2n) is 5.09. The predicted octanol–water partition coefficient (Wildman–Crippen LogP) is 1.98. The van der Waals surface area contributed by atoms with Crippen molar-refractivity contribution in [3.8, 4) is 0 Å². The van der Waals surface area contributed by atoms with Crippen LogP contribution >= 0.6 is 0 Å². The summed E-state index contributed by atoms with van der Waals surface area (Å²) in [7, 11) is 2.10. The summed E-state index contributed by atoms with van der Waals surface area (Å²) in [5.41, 5.74) is 4.40. The molecule has 1 aromatic carbocycles. The van der Waals surface area contributed by atoms with Gasteiger partial charge < -0.3 is 10.0 Å². The predicted molar refractivity (Wildman–Crippen MR) is 75.4 cm³/mol. The summed E-state index contributed by atoms with van der Waals surface area (Å²) in [6.07, 6.45) is 4.12. The Kier molecular flexibility index (Phi) is 3.03. The van der Waals surface area contributed by atoms with Crippen LogP contribution in [0.2, 0.25) is 0 Å². The van der Waals surface area contributed by atoms with Crippen LogP contribution in [0, 0.1) is 0 Å². The Balaban J connectivity index is 1.90. The minimum atomic E-state index is -0.587. The zero-order valence-corrected chi connectivity index (χ0v) is 11.4. The number of benzene rings is 1. The van der Waals surface area contributed by atoms with E-state index >= 15 is 0 Å². The number of likely N-dealkylation sites (N-methyl/N-ethyl adjacent to an activating group) is 1. The Hall–Kier alpha value is -1.81. The van der Waals surface area contributed by atoms with Gasteiger partial charge in [-0.15, -0.1) is 0 Å². The fourth-order valence-corrected chi connectivity index (χ4v) is 2.64. The molecule has 2 aromatic rings. The van der Waals surface area contributed by atoms with Crippen LogP contribution in [-0.2, 0) is 13.0 Å². The SMILES string of the molecule is CCn1cc(C(O)c2ccc3c(c2)CCN3C)cn1. The molecule has 4 nitrogen and oxygen atoms in total. The lowest BCUT2D eigenvalue weighted by Crippen LogP contribution is -2.12. The number of fused-ring (bicyclic) bond motifs is 1. The van der Waals surface area contributed by atoms with Crippen LogP contribution in [0.4, 0.5) is 5.69 Å². The van der Waals surface area contributed by atoms with Crippen LogP contribution in [0.5, 0.6) is 0 Å². The maximum Gasteiger partial charge on any atom is 0.107 e. The molecule has 1 atom stereocenters. The highest BCUT2D eigenvalue weighted by Gasteiger charge is 2.19. The van der Waals surface area contributed by atoms with Crippen molar-refractivity contribution in [3.63, 3.8) is 0 Å². The van der Waals surface area contributed by atoms with Crippen LogP contribution in [0.15, 0.2) is 30.6 Å². The topological polar surface area (TPSA) is 41.3 Å². The normalized spacial score (nSPS) is 15.6. The fourth-order valence-electron chi connectivity index (χ4n) is 2.64. The minimum Gasteiger partial charge on any atom is -0.384 e. The highest BCUT2D eigenvalue weighted by molar-refractivity contribution is 5.59. The second-order valence-corrected chi connectivity index (χ2v) is 5.09. The number of aliphatic hydroxyl groups excluding tert-OH is 1. The third kappa shape index (κ3) is 2.12. The quantitative estimate of drug-likeness (QED) is 0.914. The Labute approximate surface area is 113 Å². The van der Waals surface area contributed by atoms with Crippen LogP contribution in [0.3, 0.4) is 0 Å². The smallest absolute Gasteiger partial charge is 0.107 e. The Morgan fingerprint density at radius 2 is 2.21 bits per heavy atom. The summed E-state index contributed by atoms with van der Waals surface area (Å²) in [4.78, 5) is 2.25. The standard InChI is InChI=1S/C15H19N3O/c1-3-18-10-13(9-16-18)15(19)12-4-5-14-11(8-12)6-7-17(14)2/h4-5,8-10,15,19H,3,6-7H2,1-2H3. The summed E-state index contributed by atoms with van der Waals surface area (Å²) in [5.74, 6) is 0. The zero-order chi connectivity index (χ0) is 13.4. The summed E-state index contributed by atoms with van der Waals surface area (Å²) in [6, 6.07) is 6.23. The first-order chi connectivity index (χ1) is 9.19. The van der Waals surface area contributed by atoms with Crippen molar-refractivity contribution in [3.05, 3.63) is 47.3 Å². The Bertz CT molecular complexity index is 591. The molecule has 19 heavy (non-hydrogen) atoms. The molecular formula is C15H19N3O. The molecule has 1 aliphatic rings. The molecule has 0 saturated heterocycles. The van der Waals surface area contributed by atoms with Gasteiger partial charge in [0.2, 0.25) is 0 Å². The van der Waals surface area contributed by atoms with E-state index in [1.54, 1.807) is 6.20 Å². The molecule has 0 amide bonds. The molecule has 3 rings (SSSR count). The Morgan fingerprint density at radius 1 is 1.37 bits per heavy atom. The number of hydrogen-bond acceptors (Lipinski definition) is 3. The van der Waals surface area contributed by atoms with E-state index in [0.717, 1.165) is 30.6 Å². The van der Waals surface area contributed by atoms with Crippen molar-refractivity contribution < 1.29 is 5.11 Å². The number of hydrogen-bond donors (Lipinski definition) is 1. The van der Waals surface area contributed by atoms with Crippen molar-refractivity contribution in [2.45, 2.75) is 26.0 Å². The van der Waals surface area contributed by atoms with E-state index in [4.69, 9.17) is 0 Å². The number of rotatable bonds is 3. The molecule has 0 radical (unpaired) electrons. The molecule has 0 aliphatic carbocycles. The van der Waals surface area contributed by atoms with E-state index in [9.17, 15) is 5.11 Å². The summed E-state index contributed by atoms with van der Waals surface area (Å²) < 4.78 is 1.83. The molecule has 100 valence electrons. The third-order valence-corrected chi connectivity index (χ3v) is 3.84. The van der Waals surface area contributed by atoms with Crippen molar-refractivity contribution in [1.82, 2.24) is 9.78 Å². The molecule has 0 spiro atoms. The second kappa shape index (κ2) is 4.70. The largest absolute Gasteiger partial charge is 0.384 e. The maximum atomic E-state index is 10.4. The highest BCUT2D eigenvalue weighted by Crippen LogP contribution is 2.31. The minimum absolute atomic E-state index is 0.587. The Morgan fingerprint density at radius 3 is 2.95 bits per heavy atom. The van der Waals surface area contributed by atoms with Gasteiger partial charge in [-0.3, -0.25) is 4.68 Å². The first-order valence-corrected chi connectivity index (χ1v) is 6.73. The van der Waals surface area contributed by atoms with Gasteiger partial charge in [0, 0.05) is 37.6 Å². The van der Waals surface area contributed by atoms with Gasteiger partial charge in [0.25, 0.3) is 0 Å². The summed E-state index contributed by atoms with van der Waals surface area (Å²) >= 11 is 0. The molecule has 1 unspecified atom stereocenters. The van der Waals surface area contributed by atoms with E-state index in [1.807, 2.05) is 23.9 Å². The number of anilines is 1. The van der Waals surface area contributed by atoms with Gasteiger partial charge in [0.1, 0.15) is 6.10 Å². The molecule has 0 bridgehead atoms. The van der Waals surface area contributed by atoms with E-state index in [-0.39, 0.29) is 0 Å². The van der Waals surface area contributed by atoms with Crippen molar-refractivity contribution in [2.75, 3.05) is 18.5 Å². The molecule has 1 aliphatic heterocycles. The van der Waals surface area contributed by atoms with E-state index in [0.29, 0.717) is 0 Å². The van der Waals surface area contributed by atoms with Crippen LogP contribution in [0.25, 0.3) is 0 Å². The lowest BCUT2D eigenvalue weighted by atomic mass is 10.0. The van der Waals surface area contributed by atoms with Crippen LogP contribution in [0.1, 0.15) is 29.7 Å². The average molecular weight is 257 g/mol. The van der Waals surface area contributed by atoms with E-state index < -0.39 is 6.10 Å². The summed E-state index contributed by atoms with van der Waals surface area (Å²) in [6.45, 7) is 3.92. The number of aliphatic hydroxyl groups is 1. The molecule has 4 heteroatoms. The molecule has 0 saturated carbocycles. The zero-order valence-electron chi connectivity index (χ0n) is 11.4. The van der Waals surface area contributed by atoms with Crippen molar-refractivity contribution >= 4 is 5.69 Å². The van der Waals surface area contributed by atoms with Gasteiger partial charge in [-0.1, -0.05) is 12.1 Å². The van der Waals surface area contributed by atoms with Crippen molar-refractivity contribution in [1.29, 1.82) is 0 Å². The lowest BCUT2D eigenvalue weighted by Gasteiger charge is -2.14. The molecule has 0 fully saturated rings. The maximum absolute atomic E-state index is 10.4. The fraction of sp³-hybridized carbons (Fsp3) is 0.400. The molecule has 1 aromatic heterocycles. The first-order valence-electron chi connectivity index (χ1n) is 6.73. The monoisotopic (exact) mass is 257 g/mol. The van der Waals surface area contributed by atoms with Crippen LogP contribution < -0.4 is 4.90 Å². The van der Waals surface area contributed by atoms with Gasteiger partial charge in [-0.25, -0.2) is 0 Å². The summed E-state index contributed by atoms with van der Waals surface area (Å²) in [5, 5.41) is 14.6. The van der Waals surface area contributed by atoms with Gasteiger partial charge in [-0.05, 0) is 30.5 Å².